The summed E-state index contributed by atoms with van der Waals surface area (Å²) in [6, 6.07) is 11.8. The first kappa shape index (κ1) is 13.7. The van der Waals surface area contributed by atoms with Crippen molar-refractivity contribution in [3.8, 4) is 5.75 Å². The van der Waals surface area contributed by atoms with E-state index in [-0.39, 0.29) is 5.91 Å². The predicted molar refractivity (Wildman–Crippen MR) is 81.4 cm³/mol. The molecule has 1 amide bonds. The van der Waals surface area contributed by atoms with Crippen molar-refractivity contribution in [1.82, 2.24) is 10.3 Å². The van der Waals surface area contributed by atoms with E-state index in [4.69, 9.17) is 4.74 Å². The monoisotopic (exact) mass is 284 g/mol. The molecule has 0 radical (unpaired) electrons. The summed E-state index contributed by atoms with van der Waals surface area (Å²) in [5.74, 6) is 0.899. The maximum Gasteiger partial charge on any atom is 0.230 e. The van der Waals surface area contributed by atoms with E-state index in [1.54, 1.807) is 0 Å². The molecule has 1 aliphatic rings. The molecule has 21 heavy (non-hydrogen) atoms. The highest BCUT2D eigenvalue weighted by Crippen LogP contribution is 2.38. The fourth-order valence-electron chi connectivity index (χ4n) is 2.81. The van der Waals surface area contributed by atoms with Crippen molar-refractivity contribution in [3.05, 3.63) is 53.9 Å². The van der Waals surface area contributed by atoms with Crippen LogP contribution in [-0.4, -0.2) is 24.0 Å². The van der Waals surface area contributed by atoms with Gasteiger partial charge in [-0.15, -0.1) is 0 Å². The molecule has 2 heterocycles. The molecule has 0 bridgehead atoms. The van der Waals surface area contributed by atoms with Gasteiger partial charge in [-0.2, -0.15) is 0 Å². The number of aromatic nitrogens is 1. The summed E-state index contributed by atoms with van der Waals surface area (Å²) in [5, 5.41) is 3.06. The highest BCUT2D eigenvalue weighted by molar-refractivity contribution is 5.88. The van der Waals surface area contributed by atoms with Gasteiger partial charge in [-0.05, 0) is 31.5 Å². The summed E-state index contributed by atoms with van der Waals surface area (Å²) in [6.07, 6.45) is 3.42. The lowest BCUT2D eigenvalue weighted by atomic mass is 9.77. The molecule has 0 spiro atoms. The number of carbonyl (C=O) groups is 1. The number of fused-ring (bicyclic) bond motifs is 1. The summed E-state index contributed by atoms with van der Waals surface area (Å²) in [6.45, 7) is 3.22. The number of H-pyrrole nitrogens is 1. The Labute approximate surface area is 124 Å². The topological polar surface area (TPSA) is 54.1 Å². The Bertz CT molecular complexity index is 621. The Morgan fingerprint density at radius 1 is 1.33 bits per heavy atom. The molecule has 4 nitrogen and oxygen atoms in total. The molecule has 2 N–H and O–H groups in total. The Balaban J connectivity index is 1.69. The number of rotatable bonds is 4. The Kier molecular flexibility index (Phi) is 3.69. The van der Waals surface area contributed by atoms with Crippen LogP contribution in [0.2, 0.25) is 0 Å². The second kappa shape index (κ2) is 5.64. The average Bonchev–Trinajstić information content (AvgIpc) is 3.01. The van der Waals surface area contributed by atoms with Crippen molar-refractivity contribution in [2.45, 2.75) is 25.2 Å². The molecular weight excluding hydrogens is 264 g/mol. The SMILES string of the molecule is CC1(C(=O)NCCc2ccc[nH]2)CCOc2ccccc21. The fourth-order valence-corrected chi connectivity index (χ4v) is 2.81. The average molecular weight is 284 g/mol. The lowest BCUT2D eigenvalue weighted by molar-refractivity contribution is -0.127. The molecule has 4 heteroatoms. The lowest BCUT2D eigenvalue weighted by Crippen LogP contribution is -2.45. The van der Waals surface area contributed by atoms with Crippen molar-refractivity contribution in [1.29, 1.82) is 0 Å². The maximum absolute atomic E-state index is 12.6. The molecule has 3 rings (SSSR count). The maximum atomic E-state index is 12.6. The quantitative estimate of drug-likeness (QED) is 0.906. The molecule has 110 valence electrons. The van der Waals surface area contributed by atoms with Gasteiger partial charge in [-0.1, -0.05) is 18.2 Å². The standard InChI is InChI=1S/C17H20N2O2/c1-17(9-12-21-15-7-3-2-6-14(15)17)16(20)19-11-8-13-5-4-10-18-13/h2-7,10,18H,8-9,11-12H2,1H3,(H,19,20). The first-order valence-electron chi connectivity index (χ1n) is 7.33. The zero-order valence-corrected chi connectivity index (χ0v) is 12.2. The number of nitrogens with one attached hydrogen (secondary N) is 2. The minimum Gasteiger partial charge on any atom is -0.493 e. The zero-order chi connectivity index (χ0) is 14.7. The number of amides is 1. The highest BCUT2D eigenvalue weighted by atomic mass is 16.5. The van der Waals surface area contributed by atoms with E-state index in [1.165, 1.54) is 0 Å². The largest absolute Gasteiger partial charge is 0.493 e. The van der Waals surface area contributed by atoms with Crippen LogP contribution in [0.15, 0.2) is 42.6 Å². The second-order valence-corrected chi connectivity index (χ2v) is 5.63. The van der Waals surface area contributed by atoms with E-state index in [0.717, 1.165) is 23.4 Å². The first-order valence-corrected chi connectivity index (χ1v) is 7.33. The molecule has 1 aromatic heterocycles. The van der Waals surface area contributed by atoms with Gasteiger partial charge in [0.05, 0.1) is 12.0 Å². The molecule has 1 aromatic carbocycles. The smallest absolute Gasteiger partial charge is 0.230 e. The van der Waals surface area contributed by atoms with Gasteiger partial charge < -0.3 is 15.0 Å². The van der Waals surface area contributed by atoms with Crippen molar-refractivity contribution in [2.24, 2.45) is 0 Å². The molecule has 1 aliphatic heterocycles. The fraction of sp³-hybridized carbons (Fsp3) is 0.353. The van der Waals surface area contributed by atoms with Crippen LogP contribution in [-0.2, 0) is 16.6 Å². The van der Waals surface area contributed by atoms with E-state index in [0.29, 0.717) is 19.6 Å². The van der Waals surface area contributed by atoms with E-state index >= 15 is 0 Å². The molecule has 0 fully saturated rings. The van der Waals surface area contributed by atoms with Crippen molar-refractivity contribution in [3.63, 3.8) is 0 Å². The van der Waals surface area contributed by atoms with Gasteiger partial charge in [0.15, 0.2) is 0 Å². The van der Waals surface area contributed by atoms with Crippen LogP contribution in [0.3, 0.4) is 0 Å². The molecule has 1 atom stereocenters. The van der Waals surface area contributed by atoms with Gasteiger partial charge >= 0.3 is 0 Å². The number of aromatic amines is 1. The molecule has 2 aromatic rings. The van der Waals surface area contributed by atoms with Gasteiger partial charge in [0, 0.05) is 30.4 Å². The molecule has 0 saturated heterocycles. The van der Waals surface area contributed by atoms with Crippen LogP contribution < -0.4 is 10.1 Å². The highest BCUT2D eigenvalue weighted by Gasteiger charge is 2.39. The molecule has 1 unspecified atom stereocenters. The second-order valence-electron chi connectivity index (χ2n) is 5.63. The third kappa shape index (κ3) is 2.66. The van der Waals surface area contributed by atoms with Crippen LogP contribution in [0.5, 0.6) is 5.75 Å². The Morgan fingerprint density at radius 2 is 2.19 bits per heavy atom. The number of ether oxygens (including phenoxy) is 1. The summed E-state index contributed by atoms with van der Waals surface area (Å²) in [4.78, 5) is 15.8. The number of hydrogen-bond donors (Lipinski definition) is 2. The minimum atomic E-state index is -0.509. The van der Waals surface area contributed by atoms with Gasteiger partial charge in [-0.3, -0.25) is 4.79 Å². The Hall–Kier alpha value is -2.23. The first-order chi connectivity index (χ1) is 10.2. The van der Waals surface area contributed by atoms with E-state index in [9.17, 15) is 4.79 Å². The van der Waals surface area contributed by atoms with Crippen LogP contribution in [0, 0.1) is 0 Å². The van der Waals surface area contributed by atoms with E-state index in [2.05, 4.69) is 10.3 Å². The van der Waals surface area contributed by atoms with Crippen molar-refractivity contribution in [2.75, 3.05) is 13.2 Å². The number of carbonyl (C=O) groups excluding carboxylic acids is 1. The summed E-state index contributed by atoms with van der Waals surface area (Å²) < 4.78 is 5.65. The minimum absolute atomic E-state index is 0.0739. The van der Waals surface area contributed by atoms with Crippen LogP contribution >= 0.6 is 0 Å². The summed E-state index contributed by atoms with van der Waals surface area (Å²) in [7, 11) is 0. The number of benzene rings is 1. The van der Waals surface area contributed by atoms with Crippen LogP contribution in [0.25, 0.3) is 0 Å². The number of para-hydroxylation sites is 1. The van der Waals surface area contributed by atoms with E-state index < -0.39 is 5.41 Å². The van der Waals surface area contributed by atoms with Gasteiger partial charge in [0.2, 0.25) is 5.91 Å². The van der Waals surface area contributed by atoms with E-state index in [1.807, 2.05) is 49.5 Å². The summed E-state index contributed by atoms with van der Waals surface area (Å²) in [5.41, 5.74) is 1.60. The predicted octanol–water partition coefficient (Wildman–Crippen LogP) is 2.41. The molecule has 0 aliphatic carbocycles. The van der Waals surface area contributed by atoms with Crippen LogP contribution in [0.1, 0.15) is 24.6 Å². The zero-order valence-electron chi connectivity index (χ0n) is 12.2. The number of hydrogen-bond acceptors (Lipinski definition) is 2. The lowest BCUT2D eigenvalue weighted by Gasteiger charge is -2.34. The third-order valence-corrected chi connectivity index (χ3v) is 4.18. The van der Waals surface area contributed by atoms with Crippen molar-refractivity contribution < 1.29 is 9.53 Å². The Morgan fingerprint density at radius 3 is 3.00 bits per heavy atom. The normalized spacial score (nSPS) is 20.4. The van der Waals surface area contributed by atoms with Gasteiger partial charge in [0.25, 0.3) is 0 Å². The van der Waals surface area contributed by atoms with Gasteiger partial charge in [-0.25, -0.2) is 0 Å². The van der Waals surface area contributed by atoms with Gasteiger partial charge in [0.1, 0.15) is 5.75 Å². The van der Waals surface area contributed by atoms with Crippen LogP contribution in [0.4, 0.5) is 0 Å². The molecular formula is C17H20N2O2. The molecule has 0 saturated carbocycles. The van der Waals surface area contributed by atoms with Crippen molar-refractivity contribution >= 4 is 5.91 Å². The summed E-state index contributed by atoms with van der Waals surface area (Å²) >= 11 is 0. The third-order valence-electron chi connectivity index (χ3n) is 4.18.